The van der Waals surface area contributed by atoms with Crippen LogP contribution in [-0.2, 0) is 16.0 Å². The Bertz CT molecular complexity index is 577. The van der Waals surface area contributed by atoms with Crippen molar-refractivity contribution in [2.45, 2.75) is 46.5 Å². The van der Waals surface area contributed by atoms with Crippen LogP contribution in [0.1, 0.15) is 33.3 Å². The monoisotopic (exact) mass is 331 g/mol. The molecule has 0 fully saturated rings. The summed E-state index contributed by atoms with van der Waals surface area (Å²) in [6, 6.07) is 4.53. The summed E-state index contributed by atoms with van der Waals surface area (Å²) in [5.41, 5.74) is -0.0941. The lowest BCUT2D eigenvalue weighted by molar-refractivity contribution is -0.274. The van der Waals surface area contributed by atoms with Crippen molar-refractivity contribution in [1.82, 2.24) is 5.32 Å². The number of rotatable bonds is 5. The Morgan fingerprint density at radius 3 is 2.30 bits per heavy atom. The van der Waals surface area contributed by atoms with Crippen molar-refractivity contribution in [2.24, 2.45) is 5.41 Å². The molecule has 1 unspecified atom stereocenters. The number of alkyl halides is 3. The first-order chi connectivity index (χ1) is 10.4. The van der Waals surface area contributed by atoms with Gasteiger partial charge in [-0.15, -0.1) is 13.2 Å². The molecule has 4 nitrogen and oxygen atoms in total. The Balaban J connectivity index is 2.78. The van der Waals surface area contributed by atoms with E-state index in [1.165, 1.54) is 19.1 Å². The van der Waals surface area contributed by atoms with Gasteiger partial charge in [0.05, 0.1) is 12.5 Å². The van der Waals surface area contributed by atoms with Crippen LogP contribution in [0.15, 0.2) is 24.3 Å². The first-order valence-electron chi connectivity index (χ1n) is 7.03. The van der Waals surface area contributed by atoms with Gasteiger partial charge in [0, 0.05) is 0 Å². The first kappa shape index (κ1) is 19.0. The molecule has 0 aliphatic rings. The van der Waals surface area contributed by atoms with Crippen molar-refractivity contribution >= 4 is 11.7 Å². The van der Waals surface area contributed by atoms with Gasteiger partial charge in [-0.25, -0.2) is 0 Å². The number of hydrogen-bond donors (Lipinski definition) is 1. The molecule has 0 heterocycles. The fourth-order valence-electron chi connectivity index (χ4n) is 2.18. The van der Waals surface area contributed by atoms with Crippen LogP contribution in [0.25, 0.3) is 0 Å². The standard InChI is InChI=1S/C16H20F3NO3/c1-10(21)14(15(2,3)4)20-13(22)9-11-6-5-7-12(8-11)23-16(17,18)19/h5-8,14H,9H2,1-4H3,(H,20,22). The zero-order valence-electron chi connectivity index (χ0n) is 13.5. The SMILES string of the molecule is CC(=O)C(NC(=O)Cc1cccc(OC(F)(F)F)c1)C(C)(C)C. The third kappa shape index (κ3) is 6.71. The second kappa shape index (κ2) is 7.02. The van der Waals surface area contributed by atoms with Crippen molar-refractivity contribution in [3.05, 3.63) is 29.8 Å². The molecule has 0 radical (unpaired) electrons. The van der Waals surface area contributed by atoms with E-state index in [2.05, 4.69) is 10.1 Å². The second-order valence-electron chi connectivity index (χ2n) is 6.35. The van der Waals surface area contributed by atoms with E-state index in [0.29, 0.717) is 5.56 Å². The number of benzene rings is 1. The van der Waals surface area contributed by atoms with Crippen molar-refractivity contribution in [3.8, 4) is 5.75 Å². The molecular weight excluding hydrogens is 311 g/mol. The van der Waals surface area contributed by atoms with Crippen LogP contribution in [0.5, 0.6) is 5.75 Å². The maximum atomic E-state index is 12.2. The van der Waals surface area contributed by atoms with Gasteiger partial charge in [0.25, 0.3) is 0 Å². The summed E-state index contributed by atoms with van der Waals surface area (Å²) in [5, 5.41) is 2.62. The minimum absolute atomic E-state index is 0.144. The van der Waals surface area contributed by atoms with Gasteiger partial charge in [-0.2, -0.15) is 0 Å². The molecule has 0 aromatic heterocycles. The molecule has 23 heavy (non-hydrogen) atoms. The minimum Gasteiger partial charge on any atom is -0.406 e. The predicted octanol–water partition coefficient (Wildman–Crippen LogP) is 3.25. The fourth-order valence-corrected chi connectivity index (χ4v) is 2.18. The lowest BCUT2D eigenvalue weighted by Gasteiger charge is -2.29. The number of halogens is 3. The Hall–Kier alpha value is -2.05. The van der Waals surface area contributed by atoms with E-state index in [4.69, 9.17) is 0 Å². The largest absolute Gasteiger partial charge is 0.573 e. The van der Waals surface area contributed by atoms with Crippen molar-refractivity contribution in [3.63, 3.8) is 0 Å². The van der Waals surface area contributed by atoms with Gasteiger partial charge in [-0.3, -0.25) is 9.59 Å². The summed E-state index contributed by atoms with van der Waals surface area (Å²) in [6.07, 6.45) is -4.93. The second-order valence-corrected chi connectivity index (χ2v) is 6.35. The molecule has 7 heteroatoms. The van der Waals surface area contributed by atoms with Gasteiger partial charge in [0.1, 0.15) is 5.75 Å². The lowest BCUT2D eigenvalue weighted by atomic mass is 9.84. The highest BCUT2D eigenvalue weighted by Gasteiger charge is 2.31. The quantitative estimate of drug-likeness (QED) is 0.901. The number of ketones is 1. The number of Topliss-reactive ketones (excluding diaryl/α,β-unsaturated/α-hetero) is 1. The van der Waals surface area contributed by atoms with Gasteiger partial charge in [0.15, 0.2) is 5.78 Å². The van der Waals surface area contributed by atoms with E-state index in [1.807, 2.05) is 20.8 Å². The topological polar surface area (TPSA) is 55.4 Å². The third-order valence-electron chi connectivity index (χ3n) is 3.07. The Kier molecular flexibility index (Phi) is 5.80. The van der Waals surface area contributed by atoms with Gasteiger partial charge in [-0.1, -0.05) is 32.9 Å². The van der Waals surface area contributed by atoms with Crippen LogP contribution in [0, 0.1) is 5.41 Å². The van der Waals surface area contributed by atoms with Crippen LogP contribution in [0.4, 0.5) is 13.2 Å². The molecule has 1 aromatic carbocycles. The van der Waals surface area contributed by atoms with Crippen LogP contribution in [0.2, 0.25) is 0 Å². The summed E-state index contributed by atoms with van der Waals surface area (Å²) >= 11 is 0. The average molecular weight is 331 g/mol. The number of nitrogens with one attached hydrogen (secondary N) is 1. The van der Waals surface area contributed by atoms with Crippen molar-refractivity contribution in [2.75, 3.05) is 0 Å². The maximum absolute atomic E-state index is 12.2. The van der Waals surface area contributed by atoms with Gasteiger partial charge in [0.2, 0.25) is 5.91 Å². The lowest BCUT2D eigenvalue weighted by Crippen LogP contribution is -2.48. The van der Waals surface area contributed by atoms with Crippen LogP contribution < -0.4 is 10.1 Å². The minimum atomic E-state index is -4.78. The van der Waals surface area contributed by atoms with E-state index in [0.717, 1.165) is 12.1 Å². The summed E-state index contributed by atoms with van der Waals surface area (Å²) in [7, 11) is 0. The van der Waals surface area contributed by atoms with E-state index in [9.17, 15) is 22.8 Å². The van der Waals surface area contributed by atoms with E-state index in [-0.39, 0.29) is 18.0 Å². The number of hydrogen-bond acceptors (Lipinski definition) is 3. The van der Waals surface area contributed by atoms with Crippen LogP contribution >= 0.6 is 0 Å². The summed E-state index contributed by atoms with van der Waals surface area (Å²) in [4.78, 5) is 23.7. The van der Waals surface area contributed by atoms with Crippen LogP contribution in [-0.4, -0.2) is 24.1 Å². The van der Waals surface area contributed by atoms with E-state index >= 15 is 0 Å². The maximum Gasteiger partial charge on any atom is 0.573 e. The first-order valence-corrected chi connectivity index (χ1v) is 7.03. The molecule has 128 valence electrons. The Morgan fingerprint density at radius 1 is 1.22 bits per heavy atom. The number of carbonyl (C=O) groups is 2. The number of carbonyl (C=O) groups excluding carboxylic acids is 2. The Labute approximate surface area is 133 Å². The molecule has 0 spiro atoms. The molecule has 1 atom stereocenters. The average Bonchev–Trinajstić information content (AvgIpc) is 2.32. The van der Waals surface area contributed by atoms with Gasteiger partial charge < -0.3 is 10.1 Å². The zero-order chi connectivity index (χ0) is 17.8. The predicted molar refractivity (Wildman–Crippen MR) is 78.9 cm³/mol. The molecule has 1 amide bonds. The van der Waals surface area contributed by atoms with E-state index < -0.39 is 23.7 Å². The van der Waals surface area contributed by atoms with Gasteiger partial charge in [-0.05, 0) is 30.0 Å². The molecule has 1 N–H and O–H groups in total. The molecule has 0 aliphatic heterocycles. The molecule has 0 bridgehead atoms. The molecular formula is C16H20F3NO3. The van der Waals surface area contributed by atoms with Crippen molar-refractivity contribution < 1.29 is 27.5 Å². The molecule has 0 saturated heterocycles. The highest BCUT2D eigenvalue weighted by atomic mass is 19.4. The zero-order valence-corrected chi connectivity index (χ0v) is 13.5. The number of amides is 1. The van der Waals surface area contributed by atoms with Gasteiger partial charge >= 0.3 is 6.36 Å². The van der Waals surface area contributed by atoms with E-state index in [1.54, 1.807) is 0 Å². The summed E-state index contributed by atoms with van der Waals surface area (Å²) < 4.78 is 40.4. The number of ether oxygens (including phenoxy) is 1. The molecule has 0 saturated carbocycles. The third-order valence-corrected chi connectivity index (χ3v) is 3.07. The van der Waals surface area contributed by atoms with Crippen LogP contribution in [0.3, 0.4) is 0 Å². The smallest absolute Gasteiger partial charge is 0.406 e. The highest BCUT2D eigenvalue weighted by Crippen LogP contribution is 2.24. The normalized spacial score (nSPS) is 13.3. The molecule has 0 aliphatic carbocycles. The van der Waals surface area contributed by atoms with Crippen molar-refractivity contribution in [1.29, 1.82) is 0 Å². The molecule has 1 rings (SSSR count). The Morgan fingerprint density at radius 2 is 1.83 bits per heavy atom. The highest BCUT2D eigenvalue weighted by molar-refractivity contribution is 5.88. The molecule has 1 aromatic rings. The fraction of sp³-hybridized carbons (Fsp3) is 0.500. The summed E-state index contributed by atoms with van der Waals surface area (Å²) in [6.45, 7) is 6.83. The summed E-state index contributed by atoms with van der Waals surface area (Å²) in [5.74, 6) is -1.01.